The summed E-state index contributed by atoms with van der Waals surface area (Å²) in [5.41, 5.74) is -0.0318. The molecular weight excluding hydrogens is 192 g/mol. The average Bonchev–Trinajstić information content (AvgIpc) is 2.12. The highest BCUT2D eigenvalue weighted by Crippen LogP contribution is 2.20. The number of nitrogens with one attached hydrogen (secondary N) is 1. The van der Waals surface area contributed by atoms with Crippen LogP contribution in [0.3, 0.4) is 0 Å². The molecule has 1 aliphatic rings. The summed E-state index contributed by atoms with van der Waals surface area (Å²) in [6.45, 7) is 9.24. The number of carbonyl (C=O) groups excluding carboxylic acids is 1. The lowest BCUT2D eigenvalue weighted by molar-refractivity contribution is -0.160. The highest BCUT2D eigenvalue weighted by Gasteiger charge is 2.35. The van der Waals surface area contributed by atoms with E-state index >= 15 is 0 Å². The van der Waals surface area contributed by atoms with E-state index in [9.17, 15) is 4.79 Å². The van der Waals surface area contributed by atoms with Gasteiger partial charge in [-0.2, -0.15) is 0 Å². The van der Waals surface area contributed by atoms with E-state index in [1.54, 1.807) is 0 Å². The van der Waals surface area contributed by atoms with E-state index in [1.165, 1.54) is 0 Å². The number of carbonyl (C=O) groups is 1. The zero-order valence-electron chi connectivity index (χ0n) is 10.2. The number of hydrogen-bond donors (Lipinski definition) is 1. The van der Waals surface area contributed by atoms with Gasteiger partial charge in [0.25, 0.3) is 0 Å². The van der Waals surface area contributed by atoms with Gasteiger partial charge in [-0.25, -0.2) is 0 Å². The zero-order valence-corrected chi connectivity index (χ0v) is 10.2. The Kier molecular flexibility index (Phi) is 4.11. The molecule has 1 aliphatic heterocycles. The number of ether oxygens (including phenoxy) is 1. The molecule has 4 nitrogen and oxygen atoms in total. The average molecular weight is 214 g/mol. The van der Waals surface area contributed by atoms with Crippen molar-refractivity contribution in [2.75, 3.05) is 33.3 Å². The molecule has 0 amide bonds. The van der Waals surface area contributed by atoms with Gasteiger partial charge in [0.1, 0.15) is 6.61 Å². The van der Waals surface area contributed by atoms with Gasteiger partial charge in [0.05, 0.1) is 12.1 Å². The summed E-state index contributed by atoms with van der Waals surface area (Å²) in [5, 5.41) is 3.15. The molecule has 4 heteroatoms. The number of cyclic esters (lactones) is 1. The van der Waals surface area contributed by atoms with E-state index in [0.29, 0.717) is 19.1 Å². The quantitative estimate of drug-likeness (QED) is 0.691. The Hall–Kier alpha value is -0.610. The highest BCUT2D eigenvalue weighted by molar-refractivity contribution is 5.72. The summed E-state index contributed by atoms with van der Waals surface area (Å²) in [6, 6.07) is 0. The van der Waals surface area contributed by atoms with Gasteiger partial charge in [0.2, 0.25) is 0 Å². The smallest absolute Gasteiger partial charge is 0.320 e. The first-order valence-electron chi connectivity index (χ1n) is 5.51. The van der Waals surface area contributed by atoms with Crippen molar-refractivity contribution in [3.8, 4) is 0 Å². The van der Waals surface area contributed by atoms with Crippen molar-refractivity contribution in [1.29, 1.82) is 0 Å². The predicted octanol–water partition coefficient (Wildman–Crippen LogP) is 0.479. The van der Waals surface area contributed by atoms with Crippen LogP contribution < -0.4 is 5.32 Å². The van der Waals surface area contributed by atoms with E-state index < -0.39 is 0 Å². The van der Waals surface area contributed by atoms with Gasteiger partial charge < -0.3 is 10.1 Å². The Labute approximate surface area is 92.0 Å². The van der Waals surface area contributed by atoms with Gasteiger partial charge in [-0.05, 0) is 33.4 Å². The zero-order chi connectivity index (χ0) is 11.5. The number of rotatable bonds is 4. The maximum absolute atomic E-state index is 11.2. The van der Waals surface area contributed by atoms with E-state index in [4.69, 9.17) is 4.74 Å². The maximum atomic E-state index is 11.2. The van der Waals surface area contributed by atoms with Crippen LogP contribution in [0.1, 0.15) is 20.8 Å². The molecule has 88 valence electrons. The number of morpholine rings is 1. The Balaban J connectivity index is 2.53. The van der Waals surface area contributed by atoms with Gasteiger partial charge in [-0.3, -0.25) is 9.69 Å². The molecule has 1 unspecified atom stereocenters. The van der Waals surface area contributed by atoms with Crippen molar-refractivity contribution in [2.45, 2.75) is 26.3 Å². The van der Waals surface area contributed by atoms with Crippen molar-refractivity contribution < 1.29 is 9.53 Å². The molecule has 1 saturated heterocycles. The normalized spacial score (nSPS) is 23.6. The molecular formula is C11H22N2O2. The first-order valence-corrected chi connectivity index (χ1v) is 5.51. The van der Waals surface area contributed by atoms with Crippen LogP contribution in [0, 0.1) is 5.92 Å². The van der Waals surface area contributed by atoms with E-state index in [-0.39, 0.29) is 11.5 Å². The summed E-state index contributed by atoms with van der Waals surface area (Å²) >= 11 is 0. The fourth-order valence-electron chi connectivity index (χ4n) is 1.86. The second-order valence-electron chi connectivity index (χ2n) is 5.02. The van der Waals surface area contributed by atoms with Crippen LogP contribution in [0.15, 0.2) is 0 Å². The van der Waals surface area contributed by atoms with Crippen LogP contribution in [0.5, 0.6) is 0 Å². The van der Waals surface area contributed by atoms with Gasteiger partial charge in [-0.1, -0.05) is 6.92 Å². The first kappa shape index (κ1) is 12.5. The fourth-order valence-corrected chi connectivity index (χ4v) is 1.86. The van der Waals surface area contributed by atoms with Crippen LogP contribution in [-0.2, 0) is 9.53 Å². The van der Waals surface area contributed by atoms with Gasteiger partial charge in [-0.15, -0.1) is 0 Å². The predicted molar refractivity (Wildman–Crippen MR) is 59.7 cm³/mol. The summed E-state index contributed by atoms with van der Waals surface area (Å²) in [5.74, 6) is 0.436. The lowest BCUT2D eigenvalue weighted by Crippen LogP contribution is -2.56. The van der Waals surface area contributed by atoms with Crippen LogP contribution in [0.25, 0.3) is 0 Å². The van der Waals surface area contributed by atoms with Crippen LogP contribution in [0.4, 0.5) is 0 Å². The molecule has 1 heterocycles. The molecule has 1 atom stereocenters. The SMILES string of the molecule is CNCC(C)CN1CC(=O)OCC1(C)C. The maximum Gasteiger partial charge on any atom is 0.320 e. The Morgan fingerprint density at radius 1 is 1.60 bits per heavy atom. The molecule has 15 heavy (non-hydrogen) atoms. The minimum Gasteiger partial charge on any atom is -0.463 e. The van der Waals surface area contributed by atoms with Gasteiger partial charge >= 0.3 is 5.97 Å². The molecule has 0 saturated carbocycles. The standard InChI is InChI=1S/C11H22N2O2/c1-9(5-12-4)6-13-7-10(14)15-8-11(13,2)3/h9,12H,5-8H2,1-4H3. The summed E-state index contributed by atoms with van der Waals surface area (Å²) < 4.78 is 5.07. The number of hydrogen-bond acceptors (Lipinski definition) is 4. The van der Waals surface area contributed by atoms with Crippen LogP contribution in [-0.4, -0.2) is 49.7 Å². The highest BCUT2D eigenvalue weighted by atomic mass is 16.5. The summed E-state index contributed by atoms with van der Waals surface area (Å²) in [4.78, 5) is 13.4. The molecule has 1 rings (SSSR count). The number of nitrogens with zero attached hydrogens (tertiary/aromatic N) is 1. The van der Waals surface area contributed by atoms with Crippen molar-refractivity contribution in [3.63, 3.8) is 0 Å². The van der Waals surface area contributed by atoms with Crippen LogP contribution in [0.2, 0.25) is 0 Å². The third-order valence-electron chi connectivity index (χ3n) is 2.85. The molecule has 0 bridgehead atoms. The largest absolute Gasteiger partial charge is 0.463 e. The Bertz CT molecular complexity index is 229. The van der Waals surface area contributed by atoms with Crippen molar-refractivity contribution in [2.24, 2.45) is 5.92 Å². The monoisotopic (exact) mass is 214 g/mol. The van der Waals surface area contributed by atoms with Gasteiger partial charge in [0.15, 0.2) is 0 Å². The minimum absolute atomic E-state index is 0.0318. The molecule has 0 aromatic carbocycles. The summed E-state index contributed by atoms with van der Waals surface area (Å²) in [6.07, 6.45) is 0. The fraction of sp³-hybridized carbons (Fsp3) is 0.909. The second kappa shape index (κ2) is 4.94. The van der Waals surface area contributed by atoms with Crippen molar-refractivity contribution in [3.05, 3.63) is 0 Å². The molecule has 1 N–H and O–H groups in total. The van der Waals surface area contributed by atoms with Crippen molar-refractivity contribution in [1.82, 2.24) is 10.2 Å². The Morgan fingerprint density at radius 2 is 2.27 bits per heavy atom. The van der Waals surface area contributed by atoms with Gasteiger partial charge in [0, 0.05) is 6.54 Å². The lowest BCUT2D eigenvalue weighted by atomic mass is 10.00. The molecule has 0 aromatic rings. The second-order valence-corrected chi connectivity index (χ2v) is 5.02. The molecule has 0 aliphatic carbocycles. The van der Waals surface area contributed by atoms with E-state index in [2.05, 4.69) is 31.0 Å². The lowest BCUT2D eigenvalue weighted by Gasteiger charge is -2.42. The van der Waals surface area contributed by atoms with E-state index in [0.717, 1.165) is 13.1 Å². The van der Waals surface area contributed by atoms with E-state index in [1.807, 2.05) is 7.05 Å². The van der Waals surface area contributed by atoms with Crippen molar-refractivity contribution >= 4 is 5.97 Å². The third-order valence-corrected chi connectivity index (χ3v) is 2.85. The molecule has 0 radical (unpaired) electrons. The third kappa shape index (κ3) is 3.47. The topological polar surface area (TPSA) is 41.6 Å². The molecule has 0 aromatic heterocycles. The first-order chi connectivity index (χ1) is 6.95. The molecule has 1 fully saturated rings. The summed E-state index contributed by atoms with van der Waals surface area (Å²) in [7, 11) is 1.95. The number of esters is 1. The minimum atomic E-state index is -0.106. The molecule has 0 spiro atoms. The Morgan fingerprint density at radius 3 is 2.87 bits per heavy atom. The van der Waals surface area contributed by atoms with Crippen LogP contribution >= 0.6 is 0 Å².